The second-order valence-electron chi connectivity index (χ2n) is 3.96. The topological polar surface area (TPSA) is 47.3 Å². The molecule has 0 bridgehead atoms. The Morgan fingerprint density at radius 1 is 1.27 bits per heavy atom. The summed E-state index contributed by atoms with van der Waals surface area (Å²) >= 11 is 0. The number of benzene rings is 1. The Bertz CT molecular complexity index is 283. The second-order valence-corrected chi connectivity index (χ2v) is 3.96. The molecule has 0 radical (unpaired) electrons. The van der Waals surface area contributed by atoms with Crippen LogP contribution in [0.4, 0.5) is 0 Å². The van der Waals surface area contributed by atoms with Gasteiger partial charge in [-0.15, -0.1) is 0 Å². The number of nitrogens with one attached hydrogen (secondary N) is 1. The molecule has 15 heavy (non-hydrogen) atoms. The fraction of sp³-hybridized carbons (Fsp3) is 0.500. The van der Waals surface area contributed by atoms with Gasteiger partial charge in [-0.2, -0.15) is 0 Å². The molecule has 0 aliphatic carbocycles. The summed E-state index contributed by atoms with van der Waals surface area (Å²) in [6, 6.07) is 10.4. The maximum Gasteiger partial charge on any atom is 0.0782 e. The van der Waals surface area contributed by atoms with Crippen LogP contribution in [0.2, 0.25) is 0 Å². The monoisotopic (exact) mass is 206 g/mol. The zero-order chi connectivity index (χ0) is 10.5. The van der Waals surface area contributed by atoms with Crippen molar-refractivity contribution in [1.29, 1.82) is 0 Å². The third-order valence-electron chi connectivity index (χ3n) is 2.92. The summed E-state index contributed by atoms with van der Waals surface area (Å²) in [5.41, 5.74) is 4.06. The molecule has 1 heterocycles. The van der Waals surface area contributed by atoms with Crippen molar-refractivity contribution in [1.82, 2.24) is 5.43 Å². The molecular formula is C12H18N2O. The van der Waals surface area contributed by atoms with E-state index in [2.05, 4.69) is 17.6 Å². The Labute approximate surface area is 90.6 Å². The lowest BCUT2D eigenvalue weighted by molar-refractivity contribution is -0.00821. The van der Waals surface area contributed by atoms with Gasteiger partial charge in [0.15, 0.2) is 0 Å². The molecule has 2 atom stereocenters. The first kappa shape index (κ1) is 10.6. The van der Waals surface area contributed by atoms with Crippen LogP contribution >= 0.6 is 0 Å². The average Bonchev–Trinajstić information content (AvgIpc) is 2.33. The zero-order valence-corrected chi connectivity index (χ0v) is 8.86. The molecule has 1 aromatic carbocycles. The Balaban J connectivity index is 2.09. The molecule has 3 heteroatoms. The molecule has 0 aromatic heterocycles. The van der Waals surface area contributed by atoms with E-state index in [1.54, 1.807) is 0 Å². The third kappa shape index (κ3) is 2.56. The Hall–Kier alpha value is -0.900. The van der Waals surface area contributed by atoms with Crippen molar-refractivity contribution in [2.24, 2.45) is 5.84 Å². The molecule has 1 aliphatic rings. The van der Waals surface area contributed by atoms with Crippen molar-refractivity contribution in [3.05, 3.63) is 35.9 Å². The average molecular weight is 206 g/mol. The maximum absolute atomic E-state index is 5.74. The zero-order valence-electron chi connectivity index (χ0n) is 8.86. The van der Waals surface area contributed by atoms with Gasteiger partial charge in [-0.3, -0.25) is 11.3 Å². The van der Waals surface area contributed by atoms with Crippen molar-refractivity contribution in [3.8, 4) is 0 Å². The van der Waals surface area contributed by atoms with Crippen LogP contribution in [0.15, 0.2) is 30.3 Å². The minimum absolute atomic E-state index is 0.117. The van der Waals surface area contributed by atoms with E-state index in [0.29, 0.717) is 0 Å². The molecule has 1 aromatic rings. The highest BCUT2D eigenvalue weighted by Gasteiger charge is 2.24. The van der Waals surface area contributed by atoms with Crippen LogP contribution in [-0.4, -0.2) is 12.7 Å². The number of ether oxygens (including phenoxy) is 1. The summed E-state index contributed by atoms with van der Waals surface area (Å²) in [4.78, 5) is 0. The Morgan fingerprint density at radius 3 is 2.67 bits per heavy atom. The SMILES string of the molecule is NNC(c1ccccc1)C1CCCCO1. The molecule has 2 unspecified atom stereocenters. The fourth-order valence-corrected chi connectivity index (χ4v) is 2.11. The van der Waals surface area contributed by atoms with Crippen LogP contribution in [0.3, 0.4) is 0 Å². The quantitative estimate of drug-likeness (QED) is 0.585. The molecule has 0 spiro atoms. The molecule has 1 saturated heterocycles. The third-order valence-corrected chi connectivity index (χ3v) is 2.92. The van der Waals surface area contributed by atoms with Gasteiger partial charge in [0, 0.05) is 6.61 Å². The Morgan fingerprint density at radius 2 is 2.07 bits per heavy atom. The van der Waals surface area contributed by atoms with Gasteiger partial charge in [-0.05, 0) is 24.8 Å². The number of hydrogen-bond donors (Lipinski definition) is 2. The van der Waals surface area contributed by atoms with E-state index in [9.17, 15) is 0 Å². The van der Waals surface area contributed by atoms with Crippen molar-refractivity contribution < 1.29 is 4.74 Å². The van der Waals surface area contributed by atoms with E-state index < -0.39 is 0 Å². The highest BCUT2D eigenvalue weighted by molar-refractivity contribution is 5.20. The van der Waals surface area contributed by atoms with Gasteiger partial charge in [-0.25, -0.2) is 0 Å². The molecule has 0 amide bonds. The summed E-state index contributed by atoms with van der Waals surface area (Å²) in [7, 11) is 0. The van der Waals surface area contributed by atoms with Gasteiger partial charge in [0.25, 0.3) is 0 Å². The first-order valence-corrected chi connectivity index (χ1v) is 5.54. The van der Waals surface area contributed by atoms with Gasteiger partial charge in [0.2, 0.25) is 0 Å². The van der Waals surface area contributed by atoms with Gasteiger partial charge >= 0.3 is 0 Å². The minimum Gasteiger partial charge on any atom is -0.376 e. The molecule has 3 nitrogen and oxygen atoms in total. The lowest BCUT2D eigenvalue weighted by Crippen LogP contribution is -2.39. The number of hydrazine groups is 1. The smallest absolute Gasteiger partial charge is 0.0782 e. The number of nitrogens with two attached hydrogens (primary N) is 1. The molecule has 1 fully saturated rings. The first-order valence-electron chi connectivity index (χ1n) is 5.54. The molecule has 3 N–H and O–H groups in total. The van der Waals surface area contributed by atoms with E-state index in [1.165, 1.54) is 18.4 Å². The van der Waals surface area contributed by atoms with Crippen molar-refractivity contribution in [2.45, 2.75) is 31.4 Å². The number of rotatable bonds is 3. The van der Waals surface area contributed by atoms with Crippen LogP contribution in [0.1, 0.15) is 30.9 Å². The summed E-state index contributed by atoms with van der Waals surface area (Å²) in [5, 5.41) is 0. The van der Waals surface area contributed by atoms with Gasteiger partial charge in [0.05, 0.1) is 12.1 Å². The molecular weight excluding hydrogens is 188 g/mol. The predicted molar refractivity (Wildman–Crippen MR) is 60.1 cm³/mol. The van der Waals surface area contributed by atoms with Crippen molar-refractivity contribution >= 4 is 0 Å². The number of hydrogen-bond acceptors (Lipinski definition) is 3. The van der Waals surface area contributed by atoms with E-state index in [4.69, 9.17) is 10.6 Å². The highest BCUT2D eigenvalue weighted by atomic mass is 16.5. The van der Waals surface area contributed by atoms with Crippen LogP contribution in [-0.2, 0) is 4.74 Å². The normalized spacial score (nSPS) is 23.7. The molecule has 82 valence electrons. The maximum atomic E-state index is 5.74. The fourth-order valence-electron chi connectivity index (χ4n) is 2.11. The lowest BCUT2D eigenvalue weighted by Gasteiger charge is -2.30. The first-order chi connectivity index (χ1) is 7.42. The van der Waals surface area contributed by atoms with Crippen LogP contribution in [0.25, 0.3) is 0 Å². The molecule has 2 rings (SSSR count). The Kier molecular flexibility index (Phi) is 3.72. The summed E-state index contributed by atoms with van der Waals surface area (Å²) < 4.78 is 5.74. The minimum atomic E-state index is 0.117. The van der Waals surface area contributed by atoms with Crippen molar-refractivity contribution in [2.75, 3.05) is 6.61 Å². The van der Waals surface area contributed by atoms with Crippen LogP contribution < -0.4 is 11.3 Å². The summed E-state index contributed by atoms with van der Waals surface area (Å²) in [5.74, 6) is 5.61. The highest BCUT2D eigenvalue weighted by Crippen LogP contribution is 2.25. The summed E-state index contributed by atoms with van der Waals surface area (Å²) in [6.07, 6.45) is 3.70. The van der Waals surface area contributed by atoms with E-state index in [1.807, 2.05) is 18.2 Å². The van der Waals surface area contributed by atoms with Crippen molar-refractivity contribution in [3.63, 3.8) is 0 Å². The van der Waals surface area contributed by atoms with Crippen LogP contribution in [0, 0.1) is 0 Å². The summed E-state index contributed by atoms with van der Waals surface area (Å²) in [6.45, 7) is 0.857. The lowest BCUT2D eigenvalue weighted by atomic mass is 9.96. The van der Waals surface area contributed by atoms with Crippen LogP contribution in [0.5, 0.6) is 0 Å². The predicted octanol–water partition coefficient (Wildman–Crippen LogP) is 1.76. The molecule has 0 saturated carbocycles. The largest absolute Gasteiger partial charge is 0.376 e. The molecule has 1 aliphatic heterocycles. The second kappa shape index (κ2) is 5.26. The van der Waals surface area contributed by atoms with Gasteiger partial charge in [0.1, 0.15) is 0 Å². The van der Waals surface area contributed by atoms with Gasteiger partial charge in [-0.1, -0.05) is 30.3 Å². The van der Waals surface area contributed by atoms with Gasteiger partial charge < -0.3 is 4.74 Å². The van der Waals surface area contributed by atoms with E-state index >= 15 is 0 Å². The van der Waals surface area contributed by atoms with E-state index in [0.717, 1.165) is 13.0 Å². The standard InChI is InChI=1S/C12H18N2O/c13-14-12(10-6-2-1-3-7-10)11-8-4-5-9-15-11/h1-3,6-7,11-12,14H,4-5,8-9,13H2. The van der Waals surface area contributed by atoms with E-state index in [-0.39, 0.29) is 12.1 Å².